The second-order valence-electron chi connectivity index (χ2n) is 8.11. The molecule has 0 spiro atoms. The molecule has 0 bridgehead atoms. The Hall–Kier alpha value is -4.04. The molecule has 1 aromatic carbocycles. The standard InChI is InChI=1S/C26H22N4O3S/c1-16-14-17(25(31)32)8-9-19(16)21-10-11-22(33-21)24-23(20-7-3-5-13-28-20)29-26(34)30(24)15-18-6-2-4-12-27-18/h2-14,23-24H,15H2,1H3,(H,29,34)(H,31,32)/t23-,24+/m0/s1. The number of carbonyl (C=O) groups is 1. The molecule has 2 N–H and O–H groups in total. The Morgan fingerprint density at radius 3 is 2.56 bits per heavy atom. The molecule has 1 saturated heterocycles. The van der Waals surface area contributed by atoms with Gasteiger partial charge in [0.15, 0.2) is 5.11 Å². The number of carboxylic acids is 1. The van der Waals surface area contributed by atoms with E-state index in [1.165, 1.54) is 0 Å². The fourth-order valence-corrected chi connectivity index (χ4v) is 4.59. The van der Waals surface area contributed by atoms with Gasteiger partial charge < -0.3 is 19.7 Å². The lowest BCUT2D eigenvalue weighted by molar-refractivity contribution is 0.0697. The number of furan rings is 1. The topological polar surface area (TPSA) is 91.5 Å². The van der Waals surface area contributed by atoms with Crippen LogP contribution < -0.4 is 5.32 Å². The Morgan fingerprint density at radius 2 is 1.88 bits per heavy atom. The quantitative estimate of drug-likeness (QED) is 0.384. The molecule has 0 radical (unpaired) electrons. The molecule has 170 valence electrons. The first kappa shape index (κ1) is 21.8. The Bertz CT molecular complexity index is 1340. The number of nitrogens with zero attached hydrogens (tertiary/aromatic N) is 3. The molecule has 1 aliphatic heterocycles. The average Bonchev–Trinajstić information content (AvgIpc) is 3.45. The minimum atomic E-state index is -0.955. The van der Waals surface area contributed by atoms with Crippen molar-refractivity contribution in [3.8, 4) is 11.3 Å². The molecule has 0 unspecified atom stereocenters. The van der Waals surface area contributed by atoms with Crippen molar-refractivity contribution in [2.45, 2.75) is 25.6 Å². The lowest BCUT2D eigenvalue weighted by Gasteiger charge is -2.25. The van der Waals surface area contributed by atoms with Gasteiger partial charge in [-0.2, -0.15) is 0 Å². The Morgan fingerprint density at radius 1 is 1.09 bits per heavy atom. The highest BCUT2D eigenvalue weighted by atomic mass is 32.1. The predicted octanol–water partition coefficient (Wildman–Crippen LogP) is 4.92. The molecule has 0 aliphatic carbocycles. The van der Waals surface area contributed by atoms with Crippen LogP contribution in [0.4, 0.5) is 0 Å². The number of nitrogens with one attached hydrogen (secondary N) is 1. The van der Waals surface area contributed by atoms with Crippen LogP contribution in [0.15, 0.2) is 83.5 Å². The van der Waals surface area contributed by atoms with Crippen molar-refractivity contribution in [2.75, 3.05) is 0 Å². The molecule has 3 aromatic heterocycles. The highest BCUT2D eigenvalue weighted by Gasteiger charge is 2.41. The third kappa shape index (κ3) is 4.15. The van der Waals surface area contributed by atoms with Gasteiger partial charge >= 0.3 is 5.97 Å². The molecule has 1 aliphatic rings. The molecule has 8 heteroatoms. The number of aryl methyl sites for hydroxylation is 1. The summed E-state index contributed by atoms with van der Waals surface area (Å²) in [6.07, 6.45) is 3.53. The zero-order valence-corrected chi connectivity index (χ0v) is 19.2. The van der Waals surface area contributed by atoms with E-state index in [4.69, 9.17) is 16.6 Å². The van der Waals surface area contributed by atoms with Crippen molar-refractivity contribution < 1.29 is 14.3 Å². The van der Waals surface area contributed by atoms with E-state index in [0.29, 0.717) is 17.4 Å². The van der Waals surface area contributed by atoms with Gasteiger partial charge in [0.25, 0.3) is 0 Å². The SMILES string of the molecule is Cc1cc(C(=O)O)ccc1-c1ccc([C@@H]2[C@H](c3ccccn3)NC(=S)N2Cc2ccccn2)o1. The smallest absolute Gasteiger partial charge is 0.335 e. The van der Waals surface area contributed by atoms with Gasteiger partial charge in [0.1, 0.15) is 17.6 Å². The van der Waals surface area contributed by atoms with Gasteiger partial charge in [-0.05, 0) is 73.2 Å². The number of hydrogen-bond acceptors (Lipinski definition) is 5. The summed E-state index contributed by atoms with van der Waals surface area (Å²) in [6.45, 7) is 2.39. The zero-order valence-electron chi connectivity index (χ0n) is 18.4. The van der Waals surface area contributed by atoms with E-state index >= 15 is 0 Å². The van der Waals surface area contributed by atoms with E-state index in [-0.39, 0.29) is 17.6 Å². The van der Waals surface area contributed by atoms with Crippen molar-refractivity contribution in [3.63, 3.8) is 0 Å². The third-order valence-electron chi connectivity index (χ3n) is 5.91. The van der Waals surface area contributed by atoms with Gasteiger partial charge in [-0.25, -0.2) is 4.79 Å². The van der Waals surface area contributed by atoms with Crippen LogP contribution in [0.3, 0.4) is 0 Å². The third-order valence-corrected chi connectivity index (χ3v) is 6.27. The number of aromatic nitrogens is 2. The molecule has 1 fully saturated rings. The van der Waals surface area contributed by atoms with Gasteiger partial charge in [-0.15, -0.1) is 0 Å². The Kier molecular flexibility index (Phi) is 5.81. The van der Waals surface area contributed by atoms with Crippen LogP contribution in [0.1, 0.15) is 45.2 Å². The largest absolute Gasteiger partial charge is 0.478 e. The first-order chi connectivity index (χ1) is 16.5. The monoisotopic (exact) mass is 470 g/mol. The Balaban J connectivity index is 1.53. The number of rotatable bonds is 6. The molecule has 34 heavy (non-hydrogen) atoms. The lowest BCUT2D eigenvalue weighted by atomic mass is 10.0. The number of benzene rings is 1. The predicted molar refractivity (Wildman–Crippen MR) is 131 cm³/mol. The highest BCUT2D eigenvalue weighted by Crippen LogP contribution is 2.41. The maximum Gasteiger partial charge on any atom is 0.335 e. The normalized spacial score (nSPS) is 17.6. The van der Waals surface area contributed by atoms with Crippen LogP contribution in [0.25, 0.3) is 11.3 Å². The molecule has 0 amide bonds. The summed E-state index contributed by atoms with van der Waals surface area (Å²) in [7, 11) is 0. The summed E-state index contributed by atoms with van der Waals surface area (Å²) < 4.78 is 6.37. The van der Waals surface area contributed by atoms with Crippen LogP contribution in [-0.2, 0) is 6.54 Å². The van der Waals surface area contributed by atoms with Gasteiger partial charge in [-0.3, -0.25) is 9.97 Å². The zero-order chi connectivity index (χ0) is 23.7. The van der Waals surface area contributed by atoms with E-state index in [1.54, 1.807) is 30.6 Å². The Labute approximate surface area is 202 Å². The maximum atomic E-state index is 11.3. The van der Waals surface area contributed by atoms with Gasteiger partial charge in [0.05, 0.1) is 29.5 Å². The van der Waals surface area contributed by atoms with Crippen molar-refractivity contribution in [2.24, 2.45) is 0 Å². The van der Waals surface area contributed by atoms with Crippen molar-refractivity contribution in [1.82, 2.24) is 20.2 Å². The fraction of sp³-hybridized carbons (Fsp3) is 0.154. The maximum absolute atomic E-state index is 11.3. The van der Waals surface area contributed by atoms with Crippen LogP contribution in [0.5, 0.6) is 0 Å². The van der Waals surface area contributed by atoms with Gasteiger partial charge in [0, 0.05) is 18.0 Å². The molecule has 5 rings (SSSR count). The van der Waals surface area contributed by atoms with Crippen LogP contribution >= 0.6 is 12.2 Å². The van der Waals surface area contributed by atoms with Crippen LogP contribution in [0, 0.1) is 6.92 Å². The minimum absolute atomic E-state index is 0.202. The second kappa shape index (κ2) is 9.07. The summed E-state index contributed by atoms with van der Waals surface area (Å²) in [6, 6.07) is 20.0. The molecular formula is C26H22N4O3S. The van der Waals surface area contributed by atoms with E-state index in [0.717, 1.165) is 28.3 Å². The van der Waals surface area contributed by atoms with Gasteiger partial charge in [0.2, 0.25) is 0 Å². The number of hydrogen-bond donors (Lipinski definition) is 2. The second-order valence-corrected chi connectivity index (χ2v) is 8.50. The fourth-order valence-electron chi connectivity index (χ4n) is 4.28. The summed E-state index contributed by atoms with van der Waals surface area (Å²) in [4.78, 5) is 22.4. The molecule has 2 atom stereocenters. The molecule has 7 nitrogen and oxygen atoms in total. The summed E-state index contributed by atoms with van der Waals surface area (Å²) in [5.41, 5.74) is 3.67. The highest BCUT2D eigenvalue weighted by molar-refractivity contribution is 7.80. The van der Waals surface area contributed by atoms with Crippen LogP contribution in [0.2, 0.25) is 0 Å². The summed E-state index contributed by atoms with van der Waals surface area (Å²) in [5, 5.41) is 13.3. The number of aromatic carboxylic acids is 1. The number of thiocarbonyl (C=S) groups is 1. The molecule has 0 saturated carbocycles. The van der Waals surface area contributed by atoms with Gasteiger partial charge in [-0.1, -0.05) is 18.2 Å². The lowest BCUT2D eigenvalue weighted by Crippen LogP contribution is -2.29. The van der Waals surface area contributed by atoms with Crippen molar-refractivity contribution in [1.29, 1.82) is 0 Å². The van der Waals surface area contributed by atoms with E-state index in [1.807, 2.05) is 55.5 Å². The van der Waals surface area contributed by atoms with E-state index in [9.17, 15) is 9.90 Å². The average molecular weight is 471 g/mol. The van der Waals surface area contributed by atoms with E-state index in [2.05, 4.69) is 20.2 Å². The molecule has 4 aromatic rings. The summed E-state index contributed by atoms with van der Waals surface area (Å²) >= 11 is 5.72. The van der Waals surface area contributed by atoms with E-state index < -0.39 is 5.97 Å². The minimum Gasteiger partial charge on any atom is -0.478 e. The summed E-state index contributed by atoms with van der Waals surface area (Å²) in [5.74, 6) is 0.444. The molecule has 4 heterocycles. The van der Waals surface area contributed by atoms with Crippen molar-refractivity contribution >= 4 is 23.3 Å². The number of carboxylic acid groups (broad SMARTS) is 1. The first-order valence-electron chi connectivity index (χ1n) is 10.8. The van der Waals surface area contributed by atoms with Crippen LogP contribution in [-0.4, -0.2) is 31.1 Å². The van der Waals surface area contributed by atoms with Crippen molar-refractivity contribution in [3.05, 3.63) is 107 Å². The first-order valence-corrected chi connectivity index (χ1v) is 11.2. The number of pyridine rings is 2. The molecular weight excluding hydrogens is 448 g/mol.